The monoisotopic (exact) mass is 187 g/mol. The van der Waals surface area contributed by atoms with E-state index in [4.69, 9.17) is 0 Å². The Kier molecular flexibility index (Phi) is 17.2. The summed E-state index contributed by atoms with van der Waals surface area (Å²) >= 11 is 0. The first-order valence-electron chi connectivity index (χ1n) is 5.99. The molecular formula is C12H29N. The van der Waals surface area contributed by atoms with Crippen LogP contribution >= 0.6 is 0 Å². The van der Waals surface area contributed by atoms with Crippen molar-refractivity contribution >= 4 is 0 Å². The first kappa shape index (κ1) is 15.4. The van der Waals surface area contributed by atoms with Crippen LogP contribution in [-0.4, -0.2) is 25.0 Å². The molecule has 1 rings (SSSR count). The van der Waals surface area contributed by atoms with Gasteiger partial charge in [0.1, 0.15) is 0 Å². The van der Waals surface area contributed by atoms with Crippen LogP contribution in [0.3, 0.4) is 0 Å². The summed E-state index contributed by atoms with van der Waals surface area (Å²) in [7, 11) is 2.21. The smallest absolute Gasteiger partial charge is 0.00218 e. The topological polar surface area (TPSA) is 3.24 Å². The quantitative estimate of drug-likeness (QED) is 0.555. The van der Waals surface area contributed by atoms with Gasteiger partial charge in [-0.1, -0.05) is 47.0 Å². The van der Waals surface area contributed by atoms with Gasteiger partial charge in [-0.25, -0.2) is 0 Å². The third-order valence-corrected chi connectivity index (χ3v) is 1.83. The Morgan fingerprint density at radius 1 is 0.846 bits per heavy atom. The molecule has 0 aromatic rings. The summed E-state index contributed by atoms with van der Waals surface area (Å²) in [5.74, 6) is 0. The highest BCUT2D eigenvalue weighted by atomic mass is 15.1. The van der Waals surface area contributed by atoms with Gasteiger partial charge in [0.05, 0.1) is 0 Å². The fourth-order valence-electron chi connectivity index (χ4n) is 1.23. The van der Waals surface area contributed by atoms with Crippen LogP contribution in [0.2, 0.25) is 0 Å². The van der Waals surface area contributed by atoms with Crippen LogP contribution in [0, 0.1) is 0 Å². The van der Waals surface area contributed by atoms with Crippen LogP contribution in [0.15, 0.2) is 0 Å². The molecule has 1 aliphatic heterocycles. The van der Waals surface area contributed by atoms with Crippen molar-refractivity contribution in [3.63, 3.8) is 0 Å². The second-order valence-electron chi connectivity index (χ2n) is 3.42. The maximum atomic E-state index is 2.42. The lowest BCUT2D eigenvalue weighted by molar-refractivity contribution is 0.349. The van der Waals surface area contributed by atoms with Gasteiger partial charge < -0.3 is 4.90 Å². The van der Waals surface area contributed by atoms with E-state index in [1.54, 1.807) is 0 Å². The maximum absolute atomic E-state index is 2.42. The molecule has 1 heteroatoms. The fourth-order valence-corrected chi connectivity index (χ4v) is 1.23. The molecule has 13 heavy (non-hydrogen) atoms. The normalized spacial score (nSPS) is 17.3. The van der Waals surface area contributed by atoms with E-state index in [9.17, 15) is 0 Å². The van der Waals surface area contributed by atoms with Crippen molar-refractivity contribution in [1.29, 1.82) is 0 Å². The summed E-state index contributed by atoms with van der Waals surface area (Å²) in [5.41, 5.74) is 0. The minimum absolute atomic E-state index is 1.25. The van der Waals surface area contributed by atoms with E-state index in [1.165, 1.54) is 45.2 Å². The second-order valence-corrected chi connectivity index (χ2v) is 3.42. The van der Waals surface area contributed by atoms with Gasteiger partial charge >= 0.3 is 0 Å². The molecule has 0 N–H and O–H groups in total. The van der Waals surface area contributed by atoms with Gasteiger partial charge in [0.25, 0.3) is 0 Å². The minimum atomic E-state index is 1.25. The second kappa shape index (κ2) is 14.5. The van der Waals surface area contributed by atoms with Gasteiger partial charge in [-0.3, -0.25) is 0 Å². The van der Waals surface area contributed by atoms with E-state index >= 15 is 0 Å². The number of nitrogens with zero attached hydrogens (tertiary/aromatic N) is 1. The van der Waals surface area contributed by atoms with Gasteiger partial charge in [-0.2, -0.15) is 0 Å². The Morgan fingerprint density at radius 3 is 1.46 bits per heavy atom. The molecule has 1 saturated heterocycles. The molecular weight excluding hydrogens is 158 g/mol. The van der Waals surface area contributed by atoms with Gasteiger partial charge in [0, 0.05) is 0 Å². The summed E-state index contributed by atoms with van der Waals surface area (Å²) in [4.78, 5) is 2.42. The standard InChI is InChI=1S/C7H15N.C3H8.C2H6/c1-8-6-4-2-3-5-7-8;1-3-2;1-2/h2-7H2,1H3;3H2,1-2H3;1-2H3. The molecule has 0 spiro atoms. The molecule has 0 amide bonds. The Labute approximate surface area is 85.5 Å². The molecule has 0 aliphatic carbocycles. The zero-order valence-electron chi connectivity index (χ0n) is 10.4. The summed E-state index contributed by atoms with van der Waals surface area (Å²) in [5, 5.41) is 0. The Balaban J connectivity index is 0. The molecule has 0 aromatic carbocycles. The Hall–Kier alpha value is -0.0400. The summed E-state index contributed by atoms with van der Waals surface area (Å²) < 4.78 is 0. The number of likely N-dealkylation sites (tertiary alicyclic amines) is 1. The minimum Gasteiger partial charge on any atom is -0.306 e. The van der Waals surface area contributed by atoms with Gasteiger partial charge in [-0.15, -0.1) is 0 Å². The average Bonchev–Trinajstić information content (AvgIpc) is 2.38. The highest BCUT2D eigenvalue weighted by molar-refractivity contribution is 4.57. The van der Waals surface area contributed by atoms with Gasteiger partial charge in [0.2, 0.25) is 0 Å². The van der Waals surface area contributed by atoms with Crippen LogP contribution < -0.4 is 0 Å². The highest BCUT2D eigenvalue weighted by Crippen LogP contribution is 2.06. The lowest BCUT2D eigenvalue weighted by atomic mass is 10.2. The van der Waals surface area contributed by atoms with Gasteiger partial charge in [0.15, 0.2) is 0 Å². The summed E-state index contributed by atoms with van der Waals surface area (Å²) in [6.07, 6.45) is 6.97. The molecule has 1 fully saturated rings. The summed E-state index contributed by atoms with van der Waals surface area (Å²) in [6, 6.07) is 0. The molecule has 1 nitrogen and oxygen atoms in total. The number of rotatable bonds is 0. The van der Waals surface area contributed by atoms with Crippen molar-refractivity contribution in [2.75, 3.05) is 20.1 Å². The van der Waals surface area contributed by atoms with Crippen LogP contribution in [-0.2, 0) is 0 Å². The van der Waals surface area contributed by atoms with Crippen molar-refractivity contribution in [3.8, 4) is 0 Å². The van der Waals surface area contributed by atoms with Crippen molar-refractivity contribution < 1.29 is 0 Å². The zero-order valence-corrected chi connectivity index (χ0v) is 10.4. The average molecular weight is 187 g/mol. The highest BCUT2D eigenvalue weighted by Gasteiger charge is 2.01. The predicted octanol–water partition coefficient (Wildman–Crippen LogP) is 3.93. The van der Waals surface area contributed by atoms with Gasteiger partial charge in [-0.05, 0) is 33.0 Å². The first-order valence-corrected chi connectivity index (χ1v) is 5.99. The molecule has 82 valence electrons. The summed E-state index contributed by atoms with van der Waals surface area (Å²) in [6.45, 7) is 10.9. The van der Waals surface area contributed by atoms with E-state index < -0.39 is 0 Å². The third-order valence-electron chi connectivity index (χ3n) is 1.83. The molecule has 1 heterocycles. The number of hydrogen-bond acceptors (Lipinski definition) is 1. The fraction of sp³-hybridized carbons (Fsp3) is 1.00. The molecule has 1 aliphatic rings. The van der Waals surface area contributed by atoms with Crippen molar-refractivity contribution in [2.24, 2.45) is 0 Å². The van der Waals surface area contributed by atoms with Crippen molar-refractivity contribution in [1.82, 2.24) is 4.90 Å². The predicted molar refractivity (Wildman–Crippen MR) is 63.3 cm³/mol. The number of hydrogen-bond donors (Lipinski definition) is 0. The maximum Gasteiger partial charge on any atom is -0.00218 e. The first-order chi connectivity index (χ1) is 6.31. The lowest BCUT2D eigenvalue weighted by Crippen LogP contribution is -2.18. The van der Waals surface area contributed by atoms with Crippen LogP contribution in [0.5, 0.6) is 0 Å². The lowest BCUT2D eigenvalue weighted by Gasteiger charge is -2.10. The SMILES string of the molecule is CC.CCC.CN1CCCCCC1. The van der Waals surface area contributed by atoms with E-state index in [0.29, 0.717) is 0 Å². The van der Waals surface area contributed by atoms with Crippen molar-refractivity contribution in [2.45, 2.75) is 59.8 Å². The third kappa shape index (κ3) is 14.8. The van der Waals surface area contributed by atoms with E-state index in [1.807, 2.05) is 13.8 Å². The van der Waals surface area contributed by atoms with E-state index in [2.05, 4.69) is 25.8 Å². The molecule has 0 atom stereocenters. The van der Waals surface area contributed by atoms with Crippen molar-refractivity contribution in [3.05, 3.63) is 0 Å². The molecule has 0 radical (unpaired) electrons. The zero-order chi connectivity index (χ0) is 10.5. The largest absolute Gasteiger partial charge is 0.306 e. The van der Waals surface area contributed by atoms with Crippen LogP contribution in [0.1, 0.15) is 59.8 Å². The van der Waals surface area contributed by atoms with E-state index in [-0.39, 0.29) is 0 Å². The molecule has 0 unspecified atom stereocenters. The van der Waals surface area contributed by atoms with Crippen LogP contribution in [0.4, 0.5) is 0 Å². The Bertz CT molecular complexity index is 63.5. The Morgan fingerprint density at radius 2 is 1.15 bits per heavy atom. The molecule has 0 aromatic heterocycles. The van der Waals surface area contributed by atoms with E-state index in [0.717, 1.165) is 0 Å². The van der Waals surface area contributed by atoms with Crippen LogP contribution in [0.25, 0.3) is 0 Å². The molecule has 0 bridgehead atoms. The molecule has 0 saturated carbocycles.